The summed E-state index contributed by atoms with van der Waals surface area (Å²) in [5, 5.41) is 5.10. The molecule has 0 aromatic heterocycles. The lowest BCUT2D eigenvalue weighted by molar-refractivity contribution is -0.139. The summed E-state index contributed by atoms with van der Waals surface area (Å²) in [5.74, 6) is -0.299. The van der Waals surface area contributed by atoms with E-state index in [0.717, 1.165) is 19.3 Å². The van der Waals surface area contributed by atoms with Crippen molar-refractivity contribution in [3.63, 3.8) is 0 Å². The fraction of sp³-hybridized carbons (Fsp3) is 0.227. The van der Waals surface area contributed by atoms with E-state index in [-0.39, 0.29) is 5.97 Å². The van der Waals surface area contributed by atoms with Crippen LogP contribution in [-0.4, -0.2) is 12.6 Å². The Hall–Kier alpha value is -2.61. The van der Waals surface area contributed by atoms with Crippen LogP contribution >= 0.6 is 0 Å². The van der Waals surface area contributed by atoms with E-state index in [9.17, 15) is 4.79 Å². The molecule has 0 heterocycles. The van der Waals surface area contributed by atoms with Crippen LogP contribution in [-0.2, 0) is 16.0 Å². The van der Waals surface area contributed by atoms with Gasteiger partial charge >= 0.3 is 5.97 Å². The fourth-order valence-electron chi connectivity index (χ4n) is 2.86. The third-order valence-corrected chi connectivity index (χ3v) is 4.21. The molecular formula is C22H22O2. The third kappa shape index (κ3) is 3.83. The van der Waals surface area contributed by atoms with Crippen molar-refractivity contribution in [3.8, 4) is 0 Å². The molecule has 0 aliphatic heterocycles. The number of carbonyl (C=O) groups excluding carboxylic acids is 1. The lowest BCUT2D eigenvalue weighted by Crippen LogP contribution is -2.06. The second-order valence-corrected chi connectivity index (χ2v) is 6.25. The Morgan fingerprint density at radius 3 is 2.29 bits per heavy atom. The van der Waals surface area contributed by atoms with E-state index in [2.05, 4.69) is 61.2 Å². The fourth-order valence-corrected chi connectivity index (χ4v) is 2.86. The second kappa shape index (κ2) is 7.31. The minimum absolute atomic E-state index is 0.299. The molecule has 3 aromatic rings. The van der Waals surface area contributed by atoms with E-state index in [4.69, 9.17) is 4.74 Å². The van der Waals surface area contributed by atoms with Crippen molar-refractivity contribution in [2.45, 2.75) is 26.2 Å². The molecule has 0 saturated heterocycles. The van der Waals surface area contributed by atoms with Gasteiger partial charge in [-0.25, -0.2) is 4.79 Å². The largest absolute Gasteiger partial charge is 0.462 e. The molecule has 0 N–H and O–H groups in total. The molecule has 24 heavy (non-hydrogen) atoms. The number of fused-ring (bicyclic) bond motifs is 2. The molecule has 0 aliphatic rings. The molecule has 2 nitrogen and oxygen atoms in total. The summed E-state index contributed by atoms with van der Waals surface area (Å²) in [7, 11) is 0. The van der Waals surface area contributed by atoms with Gasteiger partial charge in [0.05, 0.1) is 6.61 Å². The molecule has 0 bridgehead atoms. The van der Waals surface area contributed by atoms with Crippen LogP contribution in [0.3, 0.4) is 0 Å². The first-order valence-electron chi connectivity index (χ1n) is 8.37. The Morgan fingerprint density at radius 2 is 1.58 bits per heavy atom. The minimum Gasteiger partial charge on any atom is -0.462 e. The maximum Gasteiger partial charge on any atom is 0.333 e. The first-order valence-corrected chi connectivity index (χ1v) is 8.37. The first-order chi connectivity index (χ1) is 11.6. The van der Waals surface area contributed by atoms with Crippen molar-refractivity contribution in [1.82, 2.24) is 0 Å². The van der Waals surface area contributed by atoms with Crippen LogP contribution in [0.1, 0.15) is 25.3 Å². The molecule has 0 atom stereocenters. The Balaban J connectivity index is 1.62. The van der Waals surface area contributed by atoms with Gasteiger partial charge in [-0.05, 0) is 65.4 Å². The summed E-state index contributed by atoms with van der Waals surface area (Å²) < 4.78 is 5.12. The highest BCUT2D eigenvalue weighted by Crippen LogP contribution is 2.24. The Labute approximate surface area is 142 Å². The van der Waals surface area contributed by atoms with Gasteiger partial charge in [0.2, 0.25) is 0 Å². The van der Waals surface area contributed by atoms with Crippen molar-refractivity contribution in [2.75, 3.05) is 6.61 Å². The van der Waals surface area contributed by atoms with Crippen LogP contribution in [0.15, 0.2) is 66.7 Å². The Morgan fingerprint density at radius 1 is 0.917 bits per heavy atom. The number of carbonyl (C=O) groups is 1. The van der Waals surface area contributed by atoms with E-state index >= 15 is 0 Å². The highest BCUT2D eigenvalue weighted by molar-refractivity contribution is 5.98. The standard InChI is InChI=1S/C22H22O2/c1-16(2)22(23)24-12-6-5-7-17-10-11-20-14-18-8-3-4-9-19(18)15-21(20)13-17/h3-4,8-11,13-15H,1,5-7,12H2,2H3. The zero-order valence-corrected chi connectivity index (χ0v) is 14.0. The summed E-state index contributed by atoms with van der Waals surface area (Å²) in [4.78, 5) is 11.3. The number of aryl methyl sites for hydroxylation is 1. The zero-order chi connectivity index (χ0) is 16.9. The number of hydrogen-bond donors (Lipinski definition) is 0. The average molecular weight is 318 g/mol. The summed E-state index contributed by atoms with van der Waals surface area (Å²) in [6.45, 7) is 5.71. The highest BCUT2D eigenvalue weighted by atomic mass is 16.5. The number of hydrogen-bond acceptors (Lipinski definition) is 2. The predicted molar refractivity (Wildman–Crippen MR) is 100 cm³/mol. The average Bonchev–Trinajstić information content (AvgIpc) is 2.59. The summed E-state index contributed by atoms with van der Waals surface area (Å²) in [6.07, 6.45) is 2.87. The summed E-state index contributed by atoms with van der Waals surface area (Å²) in [5.41, 5.74) is 1.78. The van der Waals surface area contributed by atoms with E-state index in [1.807, 2.05) is 0 Å². The van der Waals surface area contributed by atoms with Gasteiger partial charge in [0.1, 0.15) is 0 Å². The van der Waals surface area contributed by atoms with Crippen LogP contribution in [0.4, 0.5) is 0 Å². The van der Waals surface area contributed by atoms with Crippen LogP contribution in [0, 0.1) is 0 Å². The third-order valence-electron chi connectivity index (χ3n) is 4.21. The molecule has 0 aliphatic carbocycles. The van der Waals surface area contributed by atoms with E-state index in [1.54, 1.807) is 6.92 Å². The number of unbranched alkanes of at least 4 members (excludes halogenated alkanes) is 1. The van der Waals surface area contributed by atoms with Gasteiger partial charge < -0.3 is 4.74 Å². The highest BCUT2D eigenvalue weighted by Gasteiger charge is 2.03. The molecule has 0 fully saturated rings. The molecule has 3 rings (SSSR count). The normalized spacial score (nSPS) is 10.9. The van der Waals surface area contributed by atoms with Crippen molar-refractivity contribution in [1.29, 1.82) is 0 Å². The molecule has 0 amide bonds. The molecule has 0 radical (unpaired) electrons. The summed E-state index contributed by atoms with van der Waals surface area (Å²) >= 11 is 0. The maximum atomic E-state index is 11.3. The van der Waals surface area contributed by atoms with Crippen molar-refractivity contribution >= 4 is 27.5 Å². The maximum absolute atomic E-state index is 11.3. The lowest BCUT2D eigenvalue weighted by atomic mass is 10.00. The quantitative estimate of drug-likeness (QED) is 0.262. The van der Waals surface area contributed by atoms with Gasteiger partial charge in [-0.1, -0.05) is 49.0 Å². The smallest absolute Gasteiger partial charge is 0.333 e. The molecule has 0 unspecified atom stereocenters. The van der Waals surface area contributed by atoms with E-state index in [1.165, 1.54) is 27.1 Å². The Kier molecular flexibility index (Phi) is 4.95. The van der Waals surface area contributed by atoms with Crippen LogP contribution in [0.25, 0.3) is 21.5 Å². The lowest BCUT2D eigenvalue weighted by Gasteiger charge is -2.07. The van der Waals surface area contributed by atoms with Gasteiger partial charge in [-0.15, -0.1) is 0 Å². The van der Waals surface area contributed by atoms with Crippen molar-refractivity contribution < 1.29 is 9.53 Å². The van der Waals surface area contributed by atoms with Crippen LogP contribution < -0.4 is 0 Å². The number of rotatable bonds is 6. The van der Waals surface area contributed by atoms with Gasteiger partial charge in [0.15, 0.2) is 0 Å². The first kappa shape index (κ1) is 16.3. The number of benzene rings is 3. The zero-order valence-electron chi connectivity index (χ0n) is 14.0. The molecule has 0 saturated carbocycles. The van der Waals surface area contributed by atoms with Gasteiger partial charge in [-0.2, -0.15) is 0 Å². The minimum atomic E-state index is -0.299. The molecular weight excluding hydrogens is 296 g/mol. The van der Waals surface area contributed by atoms with Gasteiger partial charge in [0.25, 0.3) is 0 Å². The predicted octanol–water partition coefficient (Wildman–Crippen LogP) is 5.44. The van der Waals surface area contributed by atoms with Crippen LogP contribution in [0.2, 0.25) is 0 Å². The summed E-state index contributed by atoms with van der Waals surface area (Å²) in [6, 6.07) is 19.6. The molecule has 122 valence electrons. The molecule has 0 spiro atoms. The van der Waals surface area contributed by atoms with Crippen molar-refractivity contribution in [2.24, 2.45) is 0 Å². The van der Waals surface area contributed by atoms with E-state index < -0.39 is 0 Å². The molecule has 3 aromatic carbocycles. The van der Waals surface area contributed by atoms with Crippen molar-refractivity contribution in [3.05, 3.63) is 72.3 Å². The van der Waals surface area contributed by atoms with E-state index in [0.29, 0.717) is 12.2 Å². The monoisotopic (exact) mass is 318 g/mol. The number of ether oxygens (including phenoxy) is 1. The topological polar surface area (TPSA) is 26.3 Å². The Bertz CT molecular complexity index is 893. The van der Waals surface area contributed by atoms with Crippen LogP contribution in [0.5, 0.6) is 0 Å². The SMILES string of the molecule is C=C(C)C(=O)OCCCCc1ccc2cc3ccccc3cc2c1. The van der Waals surface area contributed by atoms with Gasteiger partial charge in [-0.3, -0.25) is 0 Å². The second-order valence-electron chi connectivity index (χ2n) is 6.25. The number of esters is 1. The van der Waals surface area contributed by atoms with Gasteiger partial charge in [0, 0.05) is 5.57 Å². The molecule has 2 heteroatoms.